The number of hydrogen-bond donors (Lipinski definition) is 1. The van der Waals surface area contributed by atoms with Gasteiger partial charge in [-0.05, 0) is 81.1 Å². The summed E-state index contributed by atoms with van der Waals surface area (Å²) in [4.78, 5) is 13.5. The van der Waals surface area contributed by atoms with Gasteiger partial charge in [0.05, 0.1) is 16.1 Å². The van der Waals surface area contributed by atoms with E-state index in [-0.39, 0.29) is 37.7 Å². The number of carboxylic acids is 1. The molecule has 2 aromatic rings. The van der Waals surface area contributed by atoms with Crippen molar-refractivity contribution in [1.82, 2.24) is 4.31 Å². The lowest BCUT2D eigenvalue weighted by Gasteiger charge is -2.30. The molecular weight excluding hydrogens is 522 g/mol. The van der Waals surface area contributed by atoms with Gasteiger partial charge < -0.3 is 14.7 Å². The number of benzene rings is 2. The number of alkyl halides is 5. The zero-order chi connectivity index (χ0) is 27.0. The largest absolute Gasteiger partial charge is 0.492 e. The molecule has 1 fully saturated rings. The highest BCUT2D eigenvalue weighted by Crippen LogP contribution is 2.50. The van der Waals surface area contributed by atoms with Crippen molar-refractivity contribution in [1.29, 1.82) is 0 Å². The lowest BCUT2D eigenvalue weighted by molar-refractivity contribution is -0.144. The number of fused-ring (bicyclic) bond motifs is 1. The minimum absolute atomic E-state index is 0.186. The Balaban J connectivity index is 1.74. The van der Waals surface area contributed by atoms with Crippen molar-refractivity contribution < 1.29 is 41.0 Å². The number of hydrogen-bond acceptors (Lipinski definition) is 5. The van der Waals surface area contributed by atoms with E-state index in [4.69, 9.17) is 4.74 Å². The van der Waals surface area contributed by atoms with Gasteiger partial charge in [-0.15, -0.1) is 0 Å². The van der Waals surface area contributed by atoms with Crippen LogP contribution in [0.5, 0.6) is 5.75 Å². The number of nitrogens with zero attached hydrogens (tertiary/aromatic N) is 2. The number of rotatable bonds is 9. The van der Waals surface area contributed by atoms with E-state index in [9.17, 15) is 36.2 Å². The van der Waals surface area contributed by atoms with E-state index >= 15 is 0 Å². The molecule has 12 heteroatoms. The fraction of sp³-hybridized carbons (Fsp3) is 0.480. The van der Waals surface area contributed by atoms with Gasteiger partial charge in [-0.25, -0.2) is 17.5 Å². The molecule has 1 heterocycles. The first kappa shape index (κ1) is 27.4. The summed E-state index contributed by atoms with van der Waals surface area (Å²) in [5, 5.41) is 9.40. The fourth-order valence-corrected chi connectivity index (χ4v) is 5.32. The Hall–Kier alpha value is -2.60. The Labute approximate surface area is 214 Å². The number of carboxylic acid groups (broad SMARTS) is 1. The Bertz CT molecular complexity index is 1120. The molecule has 2 aromatic carbocycles. The Morgan fingerprint density at radius 2 is 1.89 bits per heavy atom. The molecule has 5 nitrogen and oxygen atoms in total. The molecule has 0 amide bonds. The van der Waals surface area contributed by atoms with Crippen molar-refractivity contribution in [3.8, 4) is 5.75 Å². The van der Waals surface area contributed by atoms with Crippen LogP contribution in [0, 0.1) is 11.2 Å². The first-order valence-electron chi connectivity index (χ1n) is 11.7. The van der Waals surface area contributed by atoms with Crippen LogP contribution in [0.1, 0.15) is 37.7 Å². The average Bonchev–Trinajstić information content (AvgIpc) is 3.62. The first-order valence-corrected chi connectivity index (χ1v) is 12.5. The van der Waals surface area contributed by atoms with E-state index in [0.29, 0.717) is 29.8 Å². The monoisotopic (exact) mass is 548 g/mol. The maximum atomic E-state index is 14.1. The van der Waals surface area contributed by atoms with Crippen LogP contribution in [-0.4, -0.2) is 48.0 Å². The Morgan fingerprint density at radius 3 is 2.46 bits per heavy atom. The minimum Gasteiger partial charge on any atom is -0.492 e. The summed E-state index contributed by atoms with van der Waals surface area (Å²) in [6.07, 6.45) is -6.30. The lowest BCUT2D eigenvalue weighted by Crippen LogP contribution is -2.35. The average molecular weight is 549 g/mol. The maximum absolute atomic E-state index is 14.1. The van der Waals surface area contributed by atoms with Crippen molar-refractivity contribution in [2.75, 3.05) is 25.1 Å². The molecule has 37 heavy (non-hydrogen) atoms. The van der Waals surface area contributed by atoms with Crippen molar-refractivity contribution in [2.45, 2.75) is 55.6 Å². The third-order valence-electron chi connectivity index (χ3n) is 6.72. The molecule has 4 rings (SSSR count). The molecule has 1 saturated carbocycles. The SMILES string of the molecule is CN1Sc2cc(OCC3(C(=O)O)CC3)c(C(F)(F)F)cc2N(c2ccc(F)cc2)CC1CCCC(F)F. The van der Waals surface area contributed by atoms with E-state index in [1.807, 2.05) is 4.31 Å². The smallest absolute Gasteiger partial charge is 0.420 e. The summed E-state index contributed by atoms with van der Waals surface area (Å²) in [7, 11) is 1.73. The number of ether oxygens (including phenoxy) is 1. The van der Waals surface area contributed by atoms with Gasteiger partial charge in [-0.1, -0.05) is 0 Å². The topological polar surface area (TPSA) is 53.0 Å². The van der Waals surface area contributed by atoms with Crippen LogP contribution in [0.15, 0.2) is 41.3 Å². The molecule has 0 spiro atoms. The molecule has 202 valence electrons. The Kier molecular flexibility index (Phi) is 7.89. The van der Waals surface area contributed by atoms with Crippen LogP contribution >= 0.6 is 11.9 Å². The standard InChI is InChI=1S/C25H26F6N2O3S/c1-32-17(3-2-4-22(27)28)13-33(16-7-5-15(26)6-8-16)19-11-18(25(29,30)31)20(12-21(19)37-32)36-14-24(9-10-24)23(34)35/h5-8,11-12,17,22H,2-4,9-10,13-14H2,1H3,(H,34,35). The number of likely N-dealkylation sites (N-methyl/N-ethyl adjacent to an activating group) is 1. The predicted octanol–water partition coefficient (Wildman–Crippen LogP) is 6.98. The van der Waals surface area contributed by atoms with Crippen LogP contribution in [0.4, 0.5) is 37.7 Å². The molecule has 1 aliphatic heterocycles. The third-order valence-corrected chi connectivity index (χ3v) is 7.83. The summed E-state index contributed by atoms with van der Waals surface area (Å²) in [5.41, 5.74) is -1.59. The van der Waals surface area contributed by atoms with Crippen LogP contribution in [0.2, 0.25) is 0 Å². The number of carbonyl (C=O) groups is 1. The highest BCUT2D eigenvalue weighted by Gasteiger charge is 2.51. The van der Waals surface area contributed by atoms with Crippen LogP contribution in [0.3, 0.4) is 0 Å². The third kappa shape index (κ3) is 6.28. The summed E-state index contributed by atoms with van der Waals surface area (Å²) < 4.78 is 88.8. The zero-order valence-electron chi connectivity index (χ0n) is 19.9. The Morgan fingerprint density at radius 1 is 1.22 bits per heavy atom. The van der Waals surface area contributed by atoms with Gasteiger partial charge in [-0.2, -0.15) is 13.2 Å². The van der Waals surface area contributed by atoms with Crippen molar-refractivity contribution in [3.05, 3.63) is 47.8 Å². The van der Waals surface area contributed by atoms with Gasteiger partial charge in [0.15, 0.2) is 0 Å². The predicted molar refractivity (Wildman–Crippen MR) is 127 cm³/mol. The van der Waals surface area contributed by atoms with E-state index in [2.05, 4.69) is 0 Å². The first-order chi connectivity index (χ1) is 17.4. The number of anilines is 2. The summed E-state index contributed by atoms with van der Waals surface area (Å²) in [6, 6.07) is 7.20. The zero-order valence-corrected chi connectivity index (χ0v) is 20.7. The van der Waals surface area contributed by atoms with Gasteiger partial charge >= 0.3 is 12.1 Å². The van der Waals surface area contributed by atoms with Crippen LogP contribution in [-0.2, 0) is 11.0 Å². The second-order valence-corrected chi connectivity index (χ2v) is 10.6. The molecule has 1 atom stereocenters. The molecule has 0 bridgehead atoms. The summed E-state index contributed by atoms with van der Waals surface area (Å²) >= 11 is 1.16. The molecule has 0 radical (unpaired) electrons. The number of halogens is 6. The lowest BCUT2D eigenvalue weighted by atomic mass is 10.1. The van der Waals surface area contributed by atoms with Crippen LogP contribution in [0.25, 0.3) is 0 Å². The highest BCUT2D eigenvalue weighted by molar-refractivity contribution is 7.97. The van der Waals surface area contributed by atoms with Crippen molar-refractivity contribution >= 4 is 29.3 Å². The molecule has 0 saturated heterocycles. The molecule has 0 aromatic heterocycles. The quantitative estimate of drug-likeness (QED) is 0.270. The molecule has 1 N–H and O–H groups in total. The fourth-order valence-electron chi connectivity index (χ4n) is 4.26. The van der Waals surface area contributed by atoms with Gasteiger partial charge in [0.1, 0.15) is 23.6 Å². The molecule has 1 unspecified atom stereocenters. The molecular formula is C25H26F6N2O3S. The van der Waals surface area contributed by atoms with E-state index in [0.717, 1.165) is 18.0 Å². The van der Waals surface area contributed by atoms with Gasteiger partial charge in [0.2, 0.25) is 6.43 Å². The summed E-state index contributed by atoms with van der Waals surface area (Å²) in [6.45, 7) is -0.201. The highest BCUT2D eigenvalue weighted by atomic mass is 32.2. The number of aliphatic carboxylic acids is 1. The molecule has 2 aliphatic rings. The second kappa shape index (κ2) is 10.6. The maximum Gasteiger partial charge on any atom is 0.420 e. The van der Waals surface area contributed by atoms with E-state index in [1.54, 1.807) is 11.9 Å². The summed E-state index contributed by atoms with van der Waals surface area (Å²) in [5.74, 6) is -2.10. The minimum atomic E-state index is -4.79. The normalized spacial score (nSPS) is 19.5. The van der Waals surface area contributed by atoms with E-state index < -0.39 is 41.1 Å². The van der Waals surface area contributed by atoms with Crippen LogP contribution < -0.4 is 9.64 Å². The van der Waals surface area contributed by atoms with Gasteiger partial charge in [0.25, 0.3) is 0 Å². The van der Waals surface area contributed by atoms with Gasteiger partial charge in [-0.3, -0.25) is 4.79 Å². The van der Waals surface area contributed by atoms with Crippen molar-refractivity contribution in [3.63, 3.8) is 0 Å². The van der Waals surface area contributed by atoms with Crippen molar-refractivity contribution in [2.24, 2.45) is 5.41 Å². The molecule has 1 aliphatic carbocycles. The van der Waals surface area contributed by atoms with Gasteiger partial charge in [0, 0.05) is 24.7 Å². The van der Waals surface area contributed by atoms with E-state index in [1.165, 1.54) is 30.3 Å². The second-order valence-electron chi connectivity index (χ2n) is 9.39.